The van der Waals surface area contributed by atoms with Gasteiger partial charge in [-0.3, -0.25) is 9.52 Å². The van der Waals surface area contributed by atoms with Gasteiger partial charge < -0.3 is 14.6 Å². The molecule has 2 N–H and O–H groups in total. The summed E-state index contributed by atoms with van der Waals surface area (Å²) in [5.41, 5.74) is -0.903. The maximum Gasteiger partial charge on any atom is 0.337 e. The van der Waals surface area contributed by atoms with E-state index in [0.717, 1.165) is 19.0 Å². The van der Waals surface area contributed by atoms with Crippen molar-refractivity contribution in [1.82, 2.24) is 4.98 Å². The molecule has 0 amide bonds. The molecule has 1 unspecified atom stereocenters. The summed E-state index contributed by atoms with van der Waals surface area (Å²) in [7, 11) is -3.93. The van der Waals surface area contributed by atoms with Gasteiger partial charge in [0.05, 0.1) is 10.5 Å². The molecule has 0 aliphatic carbocycles. The van der Waals surface area contributed by atoms with Crippen molar-refractivity contribution in [2.45, 2.75) is 97.7 Å². The van der Waals surface area contributed by atoms with E-state index in [9.17, 15) is 18.0 Å². The van der Waals surface area contributed by atoms with E-state index < -0.39 is 21.6 Å². The van der Waals surface area contributed by atoms with E-state index in [4.69, 9.17) is 14.6 Å². The van der Waals surface area contributed by atoms with Crippen LogP contribution in [0.3, 0.4) is 0 Å². The molecule has 0 aliphatic heterocycles. The summed E-state index contributed by atoms with van der Waals surface area (Å²) in [5, 5.41) is 8.97. The summed E-state index contributed by atoms with van der Waals surface area (Å²) in [6.45, 7) is 16.2. The van der Waals surface area contributed by atoms with Crippen molar-refractivity contribution in [2.24, 2.45) is 10.8 Å². The van der Waals surface area contributed by atoms with E-state index in [-0.39, 0.29) is 39.2 Å². The molecule has 1 heterocycles. The Labute approximate surface area is 232 Å². The maximum atomic E-state index is 12.8. The Morgan fingerprint density at radius 3 is 2.10 bits per heavy atom. The van der Waals surface area contributed by atoms with E-state index >= 15 is 0 Å². The standard InChI is InChI=1S/C29H42N2O7S/c1-9-23(29(7,8)19-28(5,6)17-16-25(32)38-27(2,3)4)37-21-11-13-22(14-12-21)39(35,36)31-24-15-10-20(18-30-24)26(33)34/h10-15,18,23H,9,16-17,19H2,1-8H3,(H,30,31)(H,33,34). The van der Waals surface area contributed by atoms with Crippen molar-refractivity contribution in [3.8, 4) is 5.75 Å². The number of aromatic nitrogens is 1. The van der Waals surface area contributed by atoms with Crippen LogP contribution in [0.15, 0.2) is 47.5 Å². The number of nitrogens with one attached hydrogen (secondary N) is 1. The lowest BCUT2D eigenvalue weighted by atomic mass is 9.69. The number of esters is 1. The van der Waals surface area contributed by atoms with Crippen LogP contribution >= 0.6 is 0 Å². The second-order valence-corrected chi connectivity index (χ2v) is 13.9. The minimum absolute atomic E-state index is 0.0161. The Hall–Kier alpha value is -3.14. The van der Waals surface area contributed by atoms with Crippen LogP contribution in [0.4, 0.5) is 5.82 Å². The van der Waals surface area contributed by atoms with Gasteiger partial charge >= 0.3 is 11.9 Å². The topological polar surface area (TPSA) is 132 Å². The highest BCUT2D eigenvalue weighted by Gasteiger charge is 2.36. The number of anilines is 1. The highest BCUT2D eigenvalue weighted by molar-refractivity contribution is 7.92. The fourth-order valence-corrected chi connectivity index (χ4v) is 5.71. The molecule has 0 bridgehead atoms. The lowest BCUT2D eigenvalue weighted by Gasteiger charge is -2.40. The molecule has 0 spiro atoms. The van der Waals surface area contributed by atoms with Gasteiger partial charge in [0, 0.05) is 18.0 Å². The quantitative estimate of drug-likeness (QED) is 0.272. The van der Waals surface area contributed by atoms with E-state index in [1.54, 1.807) is 12.1 Å². The molecule has 1 atom stereocenters. The number of hydrogen-bond acceptors (Lipinski definition) is 7. The summed E-state index contributed by atoms with van der Waals surface area (Å²) in [5.74, 6) is -0.786. The second-order valence-electron chi connectivity index (χ2n) is 12.2. The first kappa shape index (κ1) is 32.1. The minimum Gasteiger partial charge on any atom is -0.490 e. The highest BCUT2D eigenvalue weighted by Crippen LogP contribution is 2.41. The van der Waals surface area contributed by atoms with Gasteiger partial charge in [0.1, 0.15) is 23.3 Å². The van der Waals surface area contributed by atoms with E-state index in [2.05, 4.69) is 37.4 Å². The molecule has 10 heteroatoms. The molecule has 0 fully saturated rings. The number of carbonyl (C=O) groups is 2. The van der Waals surface area contributed by atoms with Gasteiger partial charge in [-0.1, -0.05) is 34.6 Å². The van der Waals surface area contributed by atoms with E-state index in [1.165, 1.54) is 24.3 Å². The van der Waals surface area contributed by atoms with Gasteiger partial charge in [0.15, 0.2) is 0 Å². The third-order valence-corrected chi connectivity index (χ3v) is 7.63. The zero-order valence-corrected chi connectivity index (χ0v) is 25.0. The number of benzene rings is 1. The Morgan fingerprint density at radius 1 is 1.00 bits per heavy atom. The summed E-state index contributed by atoms with van der Waals surface area (Å²) < 4.78 is 39.7. The maximum absolute atomic E-state index is 12.8. The Bertz CT molecular complexity index is 1230. The van der Waals surface area contributed by atoms with Crippen molar-refractivity contribution < 1.29 is 32.6 Å². The van der Waals surface area contributed by atoms with E-state index in [1.807, 2.05) is 27.7 Å². The monoisotopic (exact) mass is 562 g/mol. The molecule has 2 rings (SSSR count). The van der Waals surface area contributed by atoms with Crippen LogP contribution in [0.5, 0.6) is 5.75 Å². The Morgan fingerprint density at radius 2 is 1.62 bits per heavy atom. The smallest absolute Gasteiger partial charge is 0.337 e. The molecule has 0 saturated heterocycles. The van der Waals surface area contributed by atoms with Crippen molar-refractivity contribution in [3.05, 3.63) is 48.2 Å². The lowest BCUT2D eigenvalue weighted by molar-refractivity contribution is -0.155. The zero-order valence-electron chi connectivity index (χ0n) is 24.2. The van der Waals surface area contributed by atoms with Crippen molar-refractivity contribution >= 4 is 27.8 Å². The van der Waals surface area contributed by atoms with Gasteiger partial charge in [0.2, 0.25) is 0 Å². The van der Waals surface area contributed by atoms with Crippen LogP contribution in [0.2, 0.25) is 0 Å². The number of sulfonamides is 1. The number of pyridine rings is 1. The second kappa shape index (κ2) is 12.4. The van der Waals surface area contributed by atoms with E-state index in [0.29, 0.717) is 18.6 Å². The summed E-state index contributed by atoms with van der Waals surface area (Å²) in [6, 6.07) is 8.70. The number of rotatable bonds is 13. The molecule has 0 radical (unpaired) electrons. The average Bonchev–Trinajstić information content (AvgIpc) is 2.80. The van der Waals surface area contributed by atoms with Crippen LogP contribution in [-0.2, 0) is 19.6 Å². The van der Waals surface area contributed by atoms with Gasteiger partial charge in [-0.15, -0.1) is 0 Å². The fourth-order valence-electron chi connectivity index (χ4n) is 4.70. The molecule has 0 aliphatic rings. The number of carboxylic acids is 1. The van der Waals surface area contributed by atoms with Gasteiger partial charge in [0.25, 0.3) is 10.0 Å². The number of carbonyl (C=O) groups excluding carboxylic acids is 1. The number of ether oxygens (including phenoxy) is 2. The molecule has 9 nitrogen and oxygen atoms in total. The number of hydrogen-bond donors (Lipinski definition) is 2. The molecular weight excluding hydrogens is 520 g/mol. The van der Waals surface area contributed by atoms with Crippen LogP contribution in [0.25, 0.3) is 0 Å². The Kier molecular flexibility index (Phi) is 10.2. The Balaban J connectivity index is 2.05. The normalized spacial score (nSPS) is 13.4. The van der Waals surface area contributed by atoms with Crippen LogP contribution in [0, 0.1) is 10.8 Å². The molecule has 1 aromatic carbocycles. The largest absolute Gasteiger partial charge is 0.490 e. The number of nitrogens with zero attached hydrogens (tertiary/aromatic N) is 1. The minimum atomic E-state index is -3.93. The number of carboxylic acid groups (broad SMARTS) is 1. The SMILES string of the molecule is CCC(Oc1ccc(S(=O)(=O)Nc2ccc(C(=O)O)cn2)cc1)C(C)(C)CC(C)(C)CCC(=O)OC(C)(C)C. The van der Waals surface area contributed by atoms with Crippen molar-refractivity contribution in [3.63, 3.8) is 0 Å². The van der Waals surface area contributed by atoms with Gasteiger partial charge in [-0.2, -0.15) is 0 Å². The van der Waals surface area contributed by atoms with Gasteiger partial charge in [-0.05, 0) is 81.8 Å². The third kappa shape index (κ3) is 10.2. The summed E-state index contributed by atoms with van der Waals surface area (Å²) in [6.07, 6.45) is 3.54. The predicted molar refractivity (Wildman–Crippen MR) is 150 cm³/mol. The predicted octanol–water partition coefficient (Wildman–Crippen LogP) is 6.30. The molecule has 0 saturated carbocycles. The zero-order chi connectivity index (χ0) is 29.6. The van der Waals surface area contributed by atoms with Crippen LogP contribution in [-0.4, -0.2) is 42.2 Å². The van der Waals surface area contributed by atoms with Crippen molar-refractivity contribution in [2.75, 3.05) is 4.72 Å². The van der Waals surface area contributed by atoms with Gasteiger partial charge in [-0.25, -0.2) is 18.2 Å². The average molecular weight is 563 g/mol. The fraction of sp³-hybridized carbons (Fsp3) is 0.552. The summed E-state index contributed by atoms with van der Waals surface area (Å²) >= 11 is 0. The highest BCUT2D eigenvalue weighted by atomic mass is 32.2. The lowest BCUT2D eigenvalue weighted by Crippen LogP contribution is -2.38. The third-order valence-electron chi connectivity index (χ3n) is 6.26. The molecule has 1 aromatic heterocycles. The molecular formula is C29H42N2O7S. The molecule has 39 heavy (non-hydrogen) atoms. The first-order valence-electron chi connectivity index (χ1n) is 13.0. The molecule has 216 valence electrons. The molecule has 2 aromatic rings. The van der Waals surface area contributed by atoms with Crippen LogP contribution in [0.1, 0.15) is 91.4 Å². The number of aromatic carboxylic acids is 1. The van der Waals surface area contributed by atoms with Crippen molar-refractivity contribution in [1.29, 1.82) is 0 Å². The van der Waals surface area contributed by atoms with Crippen LogP contribution < -0.4 is 9.46 Å². The first-order valence-corrected chi connectivity index (χ1v) is 14.5. The first-order chi connectivity index (χ1) is 17.8. The summed E-state index contributed by atoms with van der Waals surface area (Å²) in [4.78, 5) is 27.1.